The molecule has 1 heterocycles. The van der Waals surface area contributed by atoms with Crippen molar-refractivity contribution in [1.29, 1.82) is 0 Å². The molecule has 0 amide bonds. The maximum Gasteiger partial charge on any atom is 0.288 e. The van der Waals surface area contributed by atoms with Gasteiger partial charge in [0, 0.05) is 28.9 Å². The number of benzene rings is 2. The Labute approximate surface area is 189 Å². The lowest BCUT2D eigenvalue weighted by Gasteiger charge is -2.19. The summed E-state index contributed by atoms with van der Waals surface area (Å²) in [5.41, 5.74) is 4.28. The number of rotatable bonds is 5. The molecule has 0 aliphatic rings. The number of pyridine rings is 1. The van der Waals surface area contributed by atoms with E-state index in [-0.39, 0.29) is 11.2 Å². The zero-order chi connectivity index (χ0) is 22.6. The highest BCUT2D eigenvalue weighted by molar-refractivity contribution is 7.81. The van der Waals surface area contributed by atoms with Gasteiger partial charge in [0.15, 0.2) is 23.1 Å². The maximum absolute atomic E-state index is 11.3. The first kappa shape index (κ1) is 22.5. The topological polar surface area (TPSA) is 45.4 Å². The lowest BCUT2D eigenvalue weighted by molar-refractivity contribution is -0.576. The molecular formula is C26H29N2O2S+. The van der Waals surface area contributed by atoms with E-state index in [1.54, 1.807) is 7.11 Å². The van der Waals surface area contributed by atoms with Gasteiger partial charge >= 0.3 is 0 Å². The van der Waals surface area contributed by atoms with Crippen LogP contribution in [0.4, 0.5) is 5.69 Å². The van der Waals surface area contributed by atoms with Gasteiger partial charge in [-0.1, -0.05) is 63.3 Å². The zero-order valence-corrected chi connectivity index (χ0v) is 19.5. The van der Waals surface area contributed by atoms with E-state index in [2.05, 4.69) is 26.1 Å². The fraction of sp³-hybridized carbons (Fsp3) is 0.231. The quantitative estimate of drug-likeness (QED) is 0.227. The summed E-state index contributed by atoms with van der Waals surface area (Å²) in [6.07, 6.45) is 3.82. The molecule has 0 spiro atoms. The first-order chi connectivity index (χ1) is 14.7. The first-order valence-electron chi connectivity index (χ1n) is 10.2. The molecule has 3 aromatic rings. The van der Waals surface area contributed by atoms with Crippen LogP contribution in [0.3, 0.4) is 0 Å². The summed E-state index contributed by atoms with van der Waals surface area (Å²) in [6.45, 7) is 8.50. The van der Waals surface area contributed by atoms with Gasteiger partial charge in [-0.25, -0.2) is 0 Å². The van der Waals surface area contributed by atoms with Crippen LogP contribution >= 0.6 is 12.2 Å². The molecule has 2 N–H and O–H groups in total. The average Bonchev–Trinajstić information content (AvgIpc) is 2.73. The maximum atomic E-state index is 11.3. The van der Waals surface area contributed by atoms with Crippen molar-refractivity contribution in [1.82, 2.24) is 0 Å². The third kappa shape index (κ3) is 5.50. The van der Waals surface area contributed by atoms with E-state index in [1.807, 2.05) is 84.5 Å². The molecule has 0 fully saturated rings. The van der Waals surface area contributed by atoms with Gasteiger partial charge in [-0.3, -0.25) is 0 Å². The Bertz CT molecular complexity index is 1110. The van der Waals surface area contributed by atoms with Gasteiger partial charge in [0.1, 0.15) is 5.75 Å². The Balaban J connectivity index is 2.06. The van der Waals surface area contributed by atoms with Crippen molar-refractivity contribution in [3.05, 3.63) is 89.7 Å². The standard InChI is InChI=1S/C26H28N2O2S/c1-18-8-7-15-28(17-18)23(25(31)27-21-9-6-10-22(16-21)30-5)24(29)19-11-13-20(14-12-19)26(2,3)4/h6-17H,1-5H3,(H-,27,29,31)/p+1. The van der Waals surface area contributed by atoms with E-state index < -0.39 is 0 Å². The Hall–Kier alpha value is -3.18. The van der Waals surface area contributed by atoms with E-state index in [9.17, 15) is 5.11 Å². The Morgan fingerprint density at radius 3 is 2.35 bits per heavy atom. The van der Waals surface area contributed by atoms with Crippen molar-refractivity contribution in [2.24, 2.45) is 0 Å². The van der Waals surface area contributed by atoms with Crippen LogP contribution in [0, 0.1) is 6.92 Å². The molecule has 0 saturated carbocycles. The monoisotopic (exact) mass is 433 g/mol. The first-order valence-corrected chi connectivity index (χ1v) is 10.6. The Kier molecular flexibility index (Phi) is 6.76. The molecule has 0 bridgehead atoms. The number of aliphatic hydroxyl groups is 1. The normalized spacial score (nSPS) is 12.2. The molecule has 0 atom stereocenters. The SMILES string of the molecule is COc1cccc(NC(=S)/C(=C(\O)c2ccc(C(C)(C)C)cc2)[n+]2cccc(C)c2)c1. The van der Waals surface area contributed by atoms with E-state index >= 15 is 0 Å². The Morgan fingerprint density at radius 1 is 1.03 bits per heavy atom. The molecule has 3 rings (SSSR count). The van der Waals surface area contributed by atoms with Crippen LogP contribution in [-0.4, -0.2) is 17.2 Å². The summed E-state index contributed by atoms with van der Waals surface area (Å²) in [4.78, 5) is 0.404. The van der Waals surface area contributed by atoms with Gasteiger partial charge in [0.05, 0.1) is 7.11 Å². The number of hydrogen-bond donors (Lipinski definition) is 2. The molecule has 0 aliphatic heterocycles. The number of anilines is 1. The van der Waals surface area contributed by atoms with Crippen LogP contribution in [0.1, 0.15) is 37.5 Å². The molecule has 0 radical (unpaired) electrons. The fourth-order valence-corrected chi connectivity index (χ4v) is 3.56. The van der Waals surface area contributed by atoms with E-state index in [4.69, 9.17) is 17.0 Å². The lowest BCUT2D eigenvalue weighted by Crippen LogP contribution is -2.38. The number of hydrogen-bond acceptors (Lipinski definition) is 3. The van der Waals surface area contributed by atoms with E-state index in [1.165, 1.54) is 5.56 Å². The highest BCUT2D eigenvalue weighted by Gasteiger charge is 2.24. The van der Waals surface area contributed by atoms with Gasteiger partial charge in [0.2, 0.25) is 0 Å². The van der Waals surface area contributed by atoms with Crippen molar-refractivity contribution in [2.75, 3.05) is 12.4 Å². The summed E-state index contributed by atoms with van der Waals surface area (Å²) in [5.74, 6) is 0.833. The minimum Gasteiger partial charge on any atom is -0.502 e. The number of nitrogens with zero attached hydrogens (tertiary/aromatic N) is 1. The molecule has 0 aliphatic carbocycles. The van der Waals surface area contributed by atoms with Gasteiger partial charge in [-0.05, 0) is 36.1 Å². The largest absolute Gasteiger partial charge is 0.502 e. The highest BCUT2D eigenvalue weighted by atomic mass is 32.1. The average molecular weight is 434 g/mol. The third-order valence-electron chi connectivity index (χ3n) is 5.00. The molecule has 160 valence electrons. The van der Waals surface area contributed by atoms with Crippen LogP contribution in [0.2, 0.25) is 0 Å². The molecule has 4 nitrogen and oxygen atoms in total. The number of ether oxygens (including phenoxy) is 1. The molecular weight excluding hydrogens is 404 g/mol. The summed E-state index contributed by atoms with van der Waals surface area (Å²) in [5, 5.41) is 14.5. The number of methoxy groups -OCH3 is 1. The number of thiocarbonyl (C=S) groups is 1. The molecule has 31 heavy (non-hydrogen) atoms. The Morgan fingerprint density at radius 2 is 1.74 bits per heavy atom. The van der Waals surface area contributed by atoms with Crippen molar-refractivity contribution < 1.29 is 14.4 Å². The fourth-order valence-electron chi connectivity index (χ4n) is 3.24. The van der Waals surface area contributed by atoms with Crippen molar-refractivity contribution >= 4 is 34.3 Å². The van der Waals surface area contributed by atoms with E-state index in [0.717, 1.165) is 17.0 Å². The van der Waals surface area contributed by atoms with Crippen molar-refractivity contribution in [2.45, 2.75) is 33.1 Å². The molecule has 5 heteroatoms. The smallest absolute Gasteiger partial charge is 0.288 e. The number of aromatic nitrogens is 1. The van der Waals surface area contributed by atoms with Gasteiger partial charge in [-0.15, -0.1) is 0 Å². The molecule has 2 aromatic carbocycles. The summed E-state index contributed by atoms with van der Waals surface area (Å²) in [6, 6.07) is 19.4. The second-order valence-corrected chi connectivity index (χ2v) is 8.91. The number of aliphatic hydroxyl groups excluding tert-OH is 1. The predicted molar refractivity (Wildman–Crippen MR) is 131 cm³/mol. The number of aryl methyl sites for hydroxylation is 1. The lowest BCUT2D eigenvalue weighted by atomic mass is 9.86. The van der Waals surface area contributed by atoms with Gasteiger partial charge < -0.3 is 15.2 Å². The van der Waals surface area contributed by atoms with Gasteiger partial charge in [0.25, 0.3) is 5.70 Å². The highest BCUT2D eigenvalue weighted by Crippen LogP contribution is 2.26. The summed E-state index contributed by atoms with van der Waals surface area (Å²) < 4.78 is 7.15. The van der Waals surface area contributed by atoms with E-state index in [0.29, 0.717) is 16.2 Å². The zero-order valence-electron chi connectivity index (χ0n) is 18.6. The molecule has 0 unspecified atom stereocenters. The van der Waals surface area contributed by atoms with Crippen molar-refractivity contribution in [3.8, 4) is 5.75 Å². The minimum absolute atomic E-state index is 0.0369. The van der Waals surface area contributed by atoms with Crippen LogP contribution in [0.15, 0.2) is 73.1 Å². The third-order valence-corrected chi connectivity index (χ3v) is 5.29. The van der Waals surface area contributed by atoms with Crippen LogP contribution in [0.25, 0.3) is 11.5 Å². The molecule has 0 saturated heterocycles. The van der Waals surface area contributed by atoms with Crippen molar-refractivity contribution in [3.63, 3.8) is 0 Å². The van der Waals surface area contributed by atoms with Gasteiger partial charge in [-0.2, -0.15) is 4.57 Å². The minimum atomic E-state index is 0.0369. The second kappa shape index (κ2) is 9.31. The predicted octanol–water partition coefficient (Wildman–Crippen LogP) is 5.91. The number of nitrogens with one attached hydrogen (secondary N) is 1. The molecule has 1 aromatic heterocycles. The van der Waals surface area contributed by atoms with Crippen LogP contribution in [-0.2, 0) is 5.41 Å². The summed E-state index contributed by atoms with van der Waals surface area (Å²) >= 11 is 5.73. The van der Waals surface area contributed by atoms with Crippen LogP contribution in [0.5, 0.6) is 5.75 Å². The summed E-state index contributed by atoms with van der Waals surface area (Å²) in [7, 11) is 1.62. The second-order valence-electron chi connectivity index (χ2n) is 8.50. The van der Waals surface area contributed by atoms with Crippen LogP contribution < -0.4 is 14.6 Å².